The van der Waals surface area contributed by atoms with E-state index in [1.165, 1.54) is 6.92 Å². The number of allylic oxidation sites excluding steroid dienone is 1. The Morgan fingerprint density at radius 1 is 1.36 bits per heavy atom. The van der Waals surface area contributed by atoms with Crippen molar-refractivity contribution in [2.75, 3.05) is 6.61 Å². The molecule has 5 heteroatoms. The monoisotopic (exact) mass is 304 g/mol. The van der Waals surface area contributed by atoms with Crippen molar-refractivity contribution in [3.05, 3.63) is 36.0 Å². The molecule has 1 saturated heterocycles. The Balaban J connectivity index is 2.20. The van der Waals surface area contributed by atoms with Gasteiger partial charge in [0.15, 0.2) is 5.78 Å². The van der Waals surface area contributed by atoms with E-state index in [1.54, 1.807) is 0 Å². The standard InChI is InChI=1S/C17H20O5/c1-10-8-16-14(11(2)17(20)22-16)6-4-13(5-7-15(10)19)9-21-12(3)18/h4,14,16H,1-2,5-9H2,3H3/b13-4+/t14-,16-/m1/s1. The summed E-state index contributed by atoms with van der Waals surface area (Å²) in [5.41, 5.74) is 1.75. The van der Waals surface area contributed by atoms with Gasteiger partial charge in [-0.1, -0.05) is 19.2 Å². The maximum atomic E-state index is 12.1. The highest BCUT2D eigenvalue weighted by Crippen LogP contribution is 2.34. The number of hydrogen-bond acceptors (Lipinski definition) is 5. The molecule has 1 fully saturated rings. The van der Waals surface area contributed by atoms with Crippen LogP contribution in [0.3, 0.4) is 0 Å². The first-order valence-electron chi connectivity index (χ1n) is 7.30. The zero-order valence-electron chi connectivity index (χ0n) is 12.7. The van der Waals surface area contributed by atoms with E-state index in [0.717, 1.165) is 5.57 Å². The third kappa shape index (κ3) is 3.72. The largest absolute Gasteiger partial charge is 0.461 e. The summed E-state index contributed by atoms with van der Waals surface area (Å²) in [7, 11) is 0. The fourth-order valence-corrected chi connectivity index (χ4v) is 2.68. The molecule has 2 rings (SSSR count). The predicted molar refractivity (Wildman–Crippen MR) is 79.8 cm³/mol. The third-order valence-electron chi connectivity index (χ3n) is 4.05. The molecule has 0 bridgehead atoms. The highest BCUT2D eigenvalue weighted by Gasteiger charge is 2.38. The number of carbonyl (C=O) groups is 3. The maximum absolute atomic E-state index is 12.1. The molecule has 2 atom stereocenters. The second-order valence-corrected chi connectivity index (χ2v) is 5.68. The second kappa shape index (κ2) is 6.73. The second-order valence-electron chi connectivity index (χ2n) is 5.68. The van der Waals surface area contributed by atoms with Gasteiger partial charge in [0, 0.05) is 31.3 Å². The average molecular weight is 304 g/mol. The molecule has 0 N–H and O–H groups in total. The van der Waals surface area contributed by atoms with Crippen molar-refractivity contribution in [2.24, 2.45) is 5.92 Å². The zero-order chi connectivity index (χ0) is 16.3. The summed E-state index contributed by atoms with van der Waals surface area (Å²) in [6.07, 6.45) is 3.30. The lowest BCUT2D eigenvalue weighted by Gasteiger charge is -2.19. The van der Waals surface area contributed by atoms with Crippen molar-refractivity contribution in [3.8, 4) is 0 Å². The number of ether oxygens (including phenoxy) is 2. The average Bonchev–Trinajstić information content (AvgIpc) is 2.72. The van der Waals surface area contributed by atoms with Crippen LogP contribution in [-0.2, 0) is 23.9 Å². The van der Waals surface area contributed by atoms with Crippen LogP contribution in [0.5, 0.6) is 0 Å². The van der Waals surface area contributed by atoms with Gasteiger partial charge in [-0.15, -0.1) is 0 Å². The Labute approximate surface area is 129 Å². The smallest absolute Gasteiger partial charge is 0.334 e. The molecule has 0 aromatic rings. The summed E-state index contributed by atoms with van der Waals surface area (Å²) in [6, 6.07) is 0. The summed E-state index contributed by atoms with van der Waals surface area (Å²) in [6.45, 7) is 9.09. The van der Waals surface area contributed by atoms with Gasteiger partial charge in [0.1, 0.15) is 12.7 Å². The van der Waals surface area contributed by atoms with Gasteiger partial charge < -0.3 is 9.47 Å². The predicted octanol–water partition coefficient (Wildman–Crippen LogP) is 2.27. The van der Waals surface area contributed by atoms with E-state index >= 15 is 0 Å². The van der Waals surface area contributed by atoms with E-state index in [9.17, 15) is 14.4 Å². The quantitative estimate of drug-likeness (QED) is 0.445. The van der Waals surface area contributed by atoms with Crippen LogP contribution in [0, 0.1) is 5.92 Å². The third-order valence-corrected chi connectivity index (χ3v) is 4.05. The molecule has 0 aromatic heterocycles. The Bertz CT molecular complexity index is 570. The van der Waals surface area contributed by atoms with E-state index in [0.29, 0.717) is 36.8 Å². The minimum absolute atomic E-state index is 0.0528. The molecule has 1 aliphatic carbocycles. The minimum atomic E-state index is -0.413. The minimum Gasteiger partial charge on any atom is -0.461 e. The molecule has 5 nitrogen and oxygen atoms in total. The highest BCUT2D eigenvalue weighted by molar-refractivity contribution is 5.95. The number of carbonyl (C=O) groups excluding carboxylic acids is 3. The molecule has 0 saturated carbocycles. The van der Waals surface area contributed by atoms with E-state index in [2.05, 4.69) is 13.2 Å². The van der Waals surface area contributed by atoms with Crippen molar-refractivity contribution < 1.29 is 23.9 Å². The number of hydrogen-bond donors (Lipinski definition) is 0. The molecule has 1 heterocycles. The number of fused-ring (bicyclic) bond motifs is 1. The first kappa shape index (κ1) is 16.2. The number of rotatable bonds is 2. The fraction of sp³-hybridized carbons (Fsp3) is 0.471. The van der Waals surface area contributed by atoms with Crippen LogP contribution in [0.1, 0.15) is 32.6 Å². The molecule has 118 valence electrons. The van der Waals surface area contributed by atoms with Gasteiger partial charge in [-0.3, -0.25) is 9.59 Å². The fourth-order valence-electron chi connectivity index (χ4n) is 2.68. The summed E-state index contributed by atoms with van der Waals surface area (Å²) < 4.78 is 10.3. The lowest BCUT2D eigenvalue weighted by Crippen LogP contribution is -2.20. The van der Waals surface area contributed by atoms with Crippen LogP contribution in [0.25, 0.3) is 0 Å². The van der Waals surface area contributed by atoms with E-state index < -0.39 is 5.97 Å². The molecule has 0 radical (unpaired) electrons. The molecule has 0 aromatic carbocycles. The molecular formula is C17H20O5. The van der Waals surface area contributed by atoms with Crippen LogP contribution in [-0.4, -0.2) is 30.4 Å². The van der Waals surface area contributed by atoms with Crippen LogP contribution >= 0.6 is 0 Å². The lowest BCUT2D eigenvalue weighted by atomic mass is 9.86. The SMILES string of the molecule is C=C1C[C@H]2OC(=O)C(=C)[C@H]2C/C=C(/COC(C)=O)CCC1=O. The molecule has 0 unspecified atom stereocenters. The summed E-state index contributed by atoms with van der Waals surface area (Å²) >= 11 is 0. The number of Topliss-reactive ketones (excluding diaryl/α,β-unsaturated/α-hetero) is 1. The molecule has 1 aliphatic heterocycles. The van der Waals surface area contributed by atoms with E-state index in [4.69, 9.17) is 9.47 Å². The number of ketones is 1. The van der Waals surface area contributed by atoms with Crippen LogP contribution in [0.15, 0.2) is 36.0 Å². The van der Waals surface area contributed by atoms with Crippen LogP contribution in [0.2, 0.25) is 0 Å². The van der Waals surface area contributed by atoms with E-state index in [1.807, 2.05) is 6.08 Å². The zero-order valence-corrected chi connectivity index (χ0v) is 12.7. The first-order valence-corrected chi connectivity index (χ1v) is 7.30. The van der Waals surface area contributed by atoms with Gasteiger partial charge in [0.25, 0.3) is 0 Å². The molecule has 0 spiro atoms. The van der Waals surface area contributed by atoms with Gasteiger partial charge in [-0.25, -0.2) is 4.79 Å². The molecule has 22 heavy (non-hydrogen) atoms. The lowest BCUT2D eigenvalue weighted by molar-refractivity contribution is -0.140. The highest BCUT2D eigenvalue weighted by atomic mass is 16.6. The summed E-state index contributed by atoms with van der Waals surface area (Å²) in [5.74, 6) is -0.995. The van der Waals surface area contributed by atoms with Crippen molar-refractivity contribution in [1.29, 1.82) is 0 Å². The Morgan fingerprint density at radius 3 is 2.77 bits per heavy atom. The Morgan fingerprint density at radius 2 is 2.09 bits per heavy atom. The first-order chi connectivity index (χ1) is 10.4. The summed E-state index contributed by atoms with van der Waals surface area (Å²) in [5, 5.41) is 0. The molecular weight excluding hydrogens is 284 g/mol. The normalized spacial score (nSPS) is 28.5. The van der Waals surface area contributed by atoms with Gasteiger partial charge in [-0.2, -0.15) is 0 Å². The van der Waals surface area contributed by atoms with Crippen LogP contribution in [0.4, 0.5) is 0 Å². The topological polar surface area (TPSA) is 69.7 Å². The van der Waals surface area contributed by atoms with Crippen molar-refractivity contribution in [1.82, 2.24) is 0 Å². The van der Waals surface area contributed by atoms with Crippen molar-refractivity contribution >= 4 is 17.7 Å². The molecule has 2 aliphatic rings. The van der Waals surface area contributed by atoms with Gasteiger partial charge >= 0.3 is 11.9 Å². The van der Waals surface area contributed by atoms with E-state index in [-0.39, 0.29) is 30.4 Å². The van der Waals surface area contributed by atoms with Gasteiger partial charge in [0.2, 0.25) is 0 Å². The van der Waals surface area contributed by atoms with Gasteiger partial charge in [-0.05, 0) is 24.0 Å². The van der Waals surface area contributed by atoms with Crippen LogP contribution < -0.4 is 0 Å². The van der Waals surface area contributed by atoms with Crippen molar-refractivity contribution in [3.63, 3.8) is 0 Å². The van der Waals surface area contributed by atoms with Crippen molar-refractivity contribution in [2.45, 2.75) is 38.7 Å². The Kier molecular flexibility index (Phi) is 4.96. The molecule has 0 amide bonds. The van der Waals surface area contributed by atoms with Gasteiger partial charge in [0.05, 0.1) is 0 Å². The number of esters is 2. The maximum Gasteiger partial charge on any atom is 0.334 e. The Hall–Kier alpha value is -2.17. The summed E-state index contributed by atoms with van der Waals surface area (Å²) in [4.78, 5) is 34.7.